The highest BCUT2D eigenvalue weighted by Crippen LogP contribution is 2.12. The van der Waals surface area contributed by atoms with Crippen molar-refractivity contribution in [1.29, 1.82) is 0 Å². The molecule has 1 N–H and O–H groups in total. The third-order valence-electron chi connectivity index (χ3n) is 3.19. The molecule has 6 nitrogen and oxygen atoms in total. The van der Waals surface area contributed by atoms with Crippen LogP contribution in [0.4, 0.5) is 5.82 Å². The van der Waals surface area contributed by atoms with Gasteiger partial charge in [-0.2, -0.15) is 8.42 Å². The Morgan fingerprint density at radius 2 is 1.91 bits per heavy atom. The maximum atomic E-state index is 11.0. The van der Waals surface area contributed by atoms with Crippen LogP contribution < -0.4 is 5.32 Å². The maximum absolute atomic E-state index is 11.0. The Balaban J connectivity index is 1.99. The van der Waals surface area contributed by atoms with Crippen molar-refractivity contribution in [2.45, 2.75) is 27.0 Å². The van der Waals surface area contributed by atoms with Gasteiger partial charge in [0.25, 0.3) is 10.1 Å². The van der Waals surface area contributed by atoms with E-state index in [0.29, 0.717) is 18.1 Å². The number of aromatic nitrogens is 2. The summed E-state index contributed by atoms with van der Waals surface area (Å²) in [5.41, 5.74) is 4.15. The predicted molar refractivity (Wildman–Crippen MR) is 84.9 cm³/mol. The quantitative estimate of drug-likeness (QED) is 0.821. The summed E-state index contributed by atoms with van der Waals surface area (Å²) in [6, 6.07) is 7.94. The van der Waals surface area contributed by atoms with Crippen molar-refractivity contribution in [2.24, 2.45) is 0 Å². The number of nitrogens with zero attached hydrogens (tertiary/aromatic N) is 2. The minimum atomic E-state index is -3.48. The highest BCUT2D eigenvalue weighted by molar-refractivity contribution is 7.85. The van der Waals surface area contributed by atoms with Crippen LogP contribution >= 0.6 is 0 Å². The van der Waals surface area contributed by atoms with Gasteiger partial charge in [0, 0.05) is 12.6 Å². The van der Waals surface area contributed by atoms with E-state index in [0.717, 1.165) is 11.8 Å². The van der Waals surface area contributed by atoms with E-state index in [4.69, 9.17) is 4.18 Å². The van der Waals surface area contributed by atoms with Gasteiger partial charge in [0.05, 0.1) is 11.9 Å². The molecule has 0 aliphatic heterocycles. The zero-order valence-corrected chi connectivity index (χ0v) is 13.6. The molecule has 0 atom stereocenters. The molecule has 2 rings (SSSR count). The lowest BCUT2D eigenvalue weighted by Gasteiger charge is -2.08. The van der Waals surface area contributed by atoms with Crippen LogP contribution in [0.15, 0.2) is 30.6 Å². The van der Waals surface area contributed by atoms with Gasteiger partial charge in [0.15, 0.2) is 0 Å². The first-order chi connectivity index (χ1) is 10.3. The molecular formula is C15H19N3O3S. The van der Waals surface area contributed by atoms with E-state index in [-0.39, 0.29) is 6.61 Å². The van der Waals surface area contributed by atoms with Crippen LogP contribution in [0, 0.1) is 13.8 Å². The summed E-state index contributed by atoms with van der Waals surface area (Å²) in [6.07, 6.45) is 2.39. The second kappa shape index (κ2) is 6.85. The molecule has 0 saturated carbocycles. The van der Waals surface area contributed by atoms with Gasteiger partial charge < -0.3 is 5.32 Å². The molecule has 1 aromatic carbocycles. The van der Waals surface area contributed by atoms with Crippen LogP contribution in [-0.4, -0.2) is 24.6 Å². The van der Waals surface area contributed by atoms with Crippen molar-refractivity contribution >= 4 is 15.9 Å². The van der Waals surface area contributed by atoms with E-state index >= 15 is 0 Å². The van der Waals surface area contributed by atoms with Crippen molar-refractivity contribution in [3.63, 3.8) is 0 Å². The zero-order valence-electron chi connectivity index (χ0n) is 12.8. The predicted octanol–water partition coefficient (Wildman–Crippen LogP) is 2.18. The zero-order chi connectivity index (χ0) is 16.2. The normalized spacial score (nSPS) is 11.4. The second-order valence-corrected chi connectivity index (χ2v) is 6.78. The number of hydrogen-bond donors (Lipinski definition) is 1. The molecule has 1 aromatic heterocycles. The molecule has 0 aliphatic rings. The molecule has 0 amide bonds. The molecule has 0 fully saturated rings. The highest BCUT2D eigenvalue weighted by Gasteiger charge is 2.05. The summed E-state index contributed by atoms with van der Waals surface area (Å²) in [4.78, 5) is 8.09. The second-order valence-electron chi connectivity index (χ2n) is 5.13. The van der Waals surface area contributed by atoms with E-state index in [1.807, 2.05) is 0 Å². The van der Waals surface area contributed by atoms with Crippen molar-refractivity contribution in [1.82, 2.24) is 9.97 Å². The fourth-order valence-electron chi connectivity index (χ4n) is 1.85. The van der Waals surface area contributed by atoms with Gasteiger partial charge in [-0.15, -0.1) is 0 Å². The molecule has 0 unspecified atom stereocenters. The lowest BCUT2D eigenvalue weighted by atomic mass is 10.1. The van der Waals surface area contributed by atoms with E-state index in [9.17, 15) is 8.42 Å². The molecule has 2 aromatic rings. The molecule has 7 heteroatoms. The van der Waals surface area contributed by atoms with Crippen molar-refractivity contribution < 1.29 is 12.6 Å². The Morgan fingerprint density at radius 1 is 1.14 bits per heavy atom. The smallest absolute Gasteiger partial charge is 0.264 e. The molecule has 0 spiro atoms. The van der Waals surface area contributed by atoms with Gasteiger partial charge in [0.1, 0.15) is 18.8 Å². The van der Waals surface area contributed by atoms with E-state index < -0.39 is 10.1 Å². The fraction of sp³-hybridized carbons (Fsp3) is 0.333. The molecule has 0 radical (unpaired) electrons. The van der Waals surface area contributed by atoms with Crippen LogP contribution in [0.25, 0.3) is 0 Å². The molecule has 0 saturated heterocycles. The van der Waals surface area contributed by atoms with Gasteiger partial charge in [-0.1, -0.05) is 18.2 Å². The summed E-state index contributed by atoms with van der Waals surface area (Å²) in [6.45, 7) is 4.68. The van der Waals surface area contributed by atoms with Gasteiger partial charge >= 0.3 is 0 Å². The molecule has 0 aliphatic carbocycles. The summed E-state index contributed by atoms with van der Waals surface area (Å²) in [5.74, 6) is 0.625. The Bertz CT molecular complexity index is 760. The van der Waals surface area contributed by atoms with Crippen molar-refractivity contribution in [2.75, 3.05) is 11.6 Å². The van der Waals surface area contributed by atoms with Crippen LogP contribution in [0.1, 0.15) is 22.4 Å². The molecule has 118 valence electrons. The maximum Gasteiger partial charge on any atom is 0.264 e. The summed E-state index contributed by atoms with van der Waals surface area (Å²) >= 11 is 0. The topological polar surface area (TPSA) is 81.2 Å². The average molecular weight is 321 g/mol. The highest BCUT2D eigenvalue weighted by atomic mass is 32.2. The first-order valence-electron chi connectivity index (χ1n) is 6.79. The third kappa shape index (κ3) is 5.09. The van der Waals surface area contributed by atoms with Crippen molar-refractivity contribution in [3.8, 4) is 0 Å². The number of anilines is 1. The fourth-order valence-corrected chi connectivity index (χ4v) is 2.18. The summed E-state index contributed by atoms with van der Waals surface area (Å²) < 4.78 is 26.7. The van der Waals surface area contributed by atoms with Crippen LogP contribution in [0.5, 0.6) is 0 Å². The standard InChI is InChI=1S/C15H19N3O3S/c1-11-4-5-13(6-12(11)2)8-16-15-7-14(17-10-18-15)9-21-22(3,19)20/h4-7,10H,8-9H2,1-3H3,(H,16,17,18). The molecule has 22 heavy (non-hydrogen) atoms. The minimum Gasteiger partial charge on any atom is -0.366 e. The average Bonchev–Trinajstić information content (AvgIpc) is 2.46. The largest absolute Gasteiger partial charge is 0.366 e. The van der Waals surface area contributed by atoms with E-state index in [1.54, 1.807) is 6.07 Å². The Kier molecular flexibility index (Phi) is 5.10. The minimum absolute atomic E-state index is 0.0975. The van der Waals surface area contributed by atoms with E-state index in [1.165, 1.54) is 17.5 Å². The van der Waals surface area contributed by atoms with Gasteiger partial charge in [-0.05, 0) is 30.5 Å². The Morgan fingerprint density at radius 3 is 2.59 bits per heavy atom. The molecule has 0 bridgehead atoms. The van der Waals surface area contributed by atoms with Gasteiger partial charge in [-0.3, -0.25) is 4.18 Å². The van der Waals surface area contributed by atoms with Crippen LogP contribution in [0.3, 0.4) is 0 Å². The first kappa shape index (κ1) is 16.4. The third-order valence-corrected chi connectivity index (χ3v) is 3.74. The number of rotatable bonds is 6. The Hall–Kier alpha value is -1.99. The monoisotopic (exact) mass is 321 g/mol. The number of nitrogens with one attached hydrogen (secondary N) is 1. The van der Waals surface area contributed by atoms with Gasteiger partial charge in [-0.25, -0.2) is 9.97 Å². The van der Waals surface area contributed by atoms with E-state index in [2.05, 4.69) is 47.3 Å². The van der Waals surface area contributed by atoms with Crippen LogP contribution in [0.2, 0.25) is 0 Å². The summed E-state index contributed by atoms with van der Waals surface area (Å²) in [5, 5.41) is 3.19. The number of benzene rings is 1. The summed E-state index contributed by atoms with van der Waals surface area (Å²) in [7, 11) is -3.48. The van der Waals surface area contributed by atoms with Gasteiger partial charge in [0.2, 0.25) is 0 Å². The first-order valence-corrected chi connectivity index (χ1v) is 8.60. The number of aryl methyl sites for hydroxylation is 2. The molecule has 1 heterocycles. The lowest BCUT2D eigenvalue weighted by Crippen LogP contribution is -2.06. The number of hydrogen-bond acceptors (Lipinski definition) is 6. The lowest BCUT2D eigenvalue weighted by molar-refractivity contribution is 0.307. The van der Waals surface area contributed by atoms with Crippen molar-refractivity contribution in [3.05, 3.63) is 53.0 Å². The molecular weight excluding hydrogens is 302 g/mol. The SMILES string of the molecule is Cc1ccc(CNc2cc(COS(C)(=O)=O)ncn2)cc1C. The Labute approximate surface area is 130 Å². The van der Waals surface area contributed by atoms with Crippen LogP contribution in [-0.2, 0) is 27.5 Å².